The molecule has 0 spiro atoms. The summed E-state index contributed by atoms with van der Waals surface area (Å²) < 4.78 is 13.6. The highest BCUT2D eigenvalue weighted by Gasteiger charge is 2.08. The molecule has 4 heteroatoms. The van der Waals surface area contributed by atoms with Crippen LogP contribution in [0.5, 0.6) is 0 Å². The average molecular weight is 265 g/mol. The van der Waals surface area contributed by atoms with Gasteiger partial charge in [0.25, 0.3) is 0 Å². The van der Waals surface area contributed by atoms with Crippen molar-refractivity contribution in [2.45, 2.75) is 13.0 Å². The van der Waals surface area contributed by atoms with Crippen LogP contribution in [0.2, 0.25) is 5.02 Å². The van der Waals surface area contributed by atoms with Gasteiger partial charge in [0.15, 0.2) is 0 Å². The first-order valence-corrected chi connectivity index (χ1v) is 6.01. The molecule has 0 bridgehead atoms. The zero-order valence-electron chi connectivity index (χ0n) is 9.95. The largest absolute Gasteiger partial charge is 0.399 e. The van der Waals surface area contributed by atoms with E-state index in [1.807, 2.05) is 31.2 Å². The van der Waals surface area contributed by atoms with Gasteiger partial charge in [-0.1, -0.05) is 23.7 Å². The molecule has 2 aromatic carbocycles. The van der Waals surface area contributed by atoms with Crippen molar-refractivity contribution in [2.75, 3.05) is 11.1 Å². The van der Waals surface area contributed by atoms with Crippen LogP contribution in [0.1, 0.15) is 18.5 Å². The monoisotopic (exact) mass is 264 g/mol. The van der Waals surface area contributed by atoms with E-state index in [-0.39, 0.29) is 11.9 Å². The molecule has 0 saturated heterocycles. The SMILES string of the molecule is CC(Nc1ccc(N)cc1F)c1ccc(Cl)cc1. The Morgan fingerprint density at radius 2 is 1.83 bits per heavy atom. The Balaban J connectivity index is 2.15. The van der Waals surface area contributed by atoms with Gasteiger partial charge in [-0.15, -0.1) is 0 Å². The van der Waals surface area contributed by atoms with E-state index in [4.69, 9.17) is 17.3 Å². The van der Waals surface area contributed by atoms with Crippen LogP contribution in [0.4, 0.5) is 15.8 Å². The minimum atomic E-state index is -0.351. The molecule has 94 valence electrons. The van der Waals surface area contributed by atoms with Crippen LogP contribution < -0.4 is 11.1 Å². The van der Waals surface area contributed by atoms with E-state index < -0.39 is 0 Å². The summed E-state index contributed by atoms with van der Waals surface area (Å²) in [5.41, 5.74) is 7.39. The van der Waals surface area contributed by atoms with Gasteiger partial charge in [-0.25, -0.2) is 4.39 Å². The van der Waals surface area contributed by atoms with E-state index in [0.717, 1.165) is 5.56 Å². The number of benzene rings is 2. The Morgan fingerprint density at radius 1 is 1.17 bits per heavy atom. The molecule has 0 radical (unpaired) electrons. The average Bonchev–Trinajstić information content (AvgIpc) is 2.33. The highest BCUT2D eigenvalue weighted by Crippen LogP contribution is 2.23. The zero-order chi connectivity index (χ0) is 13.1. The fourth-order valence-corrected chi connectivity index (χ4v) is 1.84. The summed E-state index contributed by atoms with van der Waals surface area (Å²) in [5.74, 6) is -0.351. The van der Waals surface area contributed by atoms with Crippen molar-refractivity contribution < 1.29 is 4.39 Å². The second-order valence-electron chi connectivity index (χ2n) is 4.16. The molecule has 18 heavy (non-hydrogen) atoms. The van der Waals surface area contributed by atoms with Gasteiger partial charge in [0.05, 0.1) is 5.69 Å². The number of nitrogens with one attached hydrogen (secondary N) is 1. The number of nitrogens with two attached hydrogens (primary N) is 1. The van der Waals surface area contributed by atoms with E-state index in [0.29, 0.717) is 16.4 Å². The molecule has 1 atom stereocenters. The fourth-order valence-electron chi connectivity index (χ4n) is 1.72. The number of halogens is 2. The van der Waals surface area contributed by atoms with Gasteiger partial charge in [0, 0.05) is 16.8 Å². The molecular formula is C14H14ClFN2. The molecule has 2 aromatic rings. The van der Waals surface area contributed by atoms with Gasteiger partial charge in [-0.05, 0) is 42.8 Å². The summed E-state index contributed by atoms with van der Waals surface area (Å²) in [5, 5.41) is 3.78. The molecule has 0 saturated carbocycles. The Morgan fingerprint density at radius 3 is 2.44 bits per heavy atom. The van der Waals surface area contributed by atoms with Crippen molar-refractivity contribution in [1.29, 1.82) is 0 Å². The molecular weight excluding hydrogens is 251 g/mol. The van der Waals surface area contributed by atoms with Crippen molar-refractivity contribution in [2.24, 2.45) is 0 Å². The van der Waals surface area contributed by atoms with Crippen LogP contribution in [-0.2, 0) is 0 Å². The van der Waals surface area contributed by atoms with Gasteiger partial charge >= 0.3 is 0 Å². The summed E-state index contributed by atoms with van der Waals surface area (Å²) in [6.45, 7) is 1.96. The van der Waals surface area contributed by atoms with E-state index in [2.05, 4.69) is 5.32 Å². The molecule has 0 amide bonds. The molecule has 1 unspecified atom stereocenters. The number of hydrogen-bond donors (Lipinski definition) is 2. The lowest BCUT2D eigenvalue weighted by Gasteiger charge is -2.16. The number of rotatable bonds is 3. The third-order valence-corrected chi connectivity index (χ3v) is 2.99. The van der Waals surface area contributed by atoms with Gasteiger partial charge in [-0.2, -0.15) is 0 Å². The molecule has 0 heterocycles. The molecule has 2 rings (SSSR count). The van der Waals surface area contributed by atoms with Gasteiger partial charge in [0.1, 0.15) is 5.82 Å². The highest BCUT2D eigenvalue weighted by molar-refractivity contribution is 6.30. The van der Waals surface area contributed by atoms with Gasteiger partial charge < -0.3 is 11.1 Å². The zero-order valence-corrected chi connectivity index (χ0v) is 10.7. The first-order chi connectivity index (χ1) is 8.56. The van der Waals surface area contributed by atoms with Crippen molar-refractivity contribution in [3.05, 3.63) is 58.9 Å². The van der Waals surface area contributed by atoms with Crippen molar-refractivity contribution in [3.8, 4) is 0 Å². The third kappa shape index (κ3) is 2.93. The second-order valence-corrected chi connectivity index (χ2v) is 4.59. The Labute approximate surface area is 111 Å². The molecule has 2 nitrogen and oxygen atoms in total. The van der Waals surface area contributed by atoms with E-state index >= 15 is 0 Å². The smallest absolute Gasteiger partial charge is 0.148 e. The lowest BCUT2D eigenvalue weighted by atomic mass is 10.1. The minimum absolute atomic E-state index is 0.0135. The molecule has 0 aliphatic carbocycles. The summed E-state index contributed by atoms with van der Waals surface area (Å²) in [4.78, 5) is 0. The van der Waals surface area contributed by atoms with Crippen LogP contribution >= 0.6 is 11.6 Å². The van der Waals surface area contributed by atoms with Gasteiger partial charge in [0.2, 0.25) is 0 Å². The summed E-state index contributed by atoms with van der Waals surface area (Å²) in [7, 11) is 0. The minimum Gasteiger partial charge on any atom is -0.399 e. The maximum absolute atomic E-state index is 13.6. The molecule has 0 aromatic heterocycles. The predicted molar refractivity (Wildman–Crippen MR) is 74.3 cm³/mol. The van der Waals surface area contributed by atoms with Crippen LogP contribution in [0.3, 0.4) is 0 Å². The number of nitrogen functional groups attached to an aromatic ring is 1. The Kier molecular flexibility index (Phi) is 3.72. The maximum Gasteiger partial charge on any atom is 0.148 e. The van der Waals surface area contributed by atoms with Crippen molar-refractivity contribution in [3.63, 3.8) is 0 Å². The second kappa shape index (κ2) is 5.27. The third-order valence-electron chi connectivity index (χ3n) is 2.74. The van der Waals surface area contributed by atoms with Crippen molar-refractivity contribution >= 4 is 23.0 Å². The van der Waals surface area contributed by atoms with Gasteiger partial charge in [-0.3, -0.25) is 0 Å². The molecule has 0 fully saturated rings. The normalized spacial score (nSPS) is 12.2. The lowest BCUT2D eigenvalue weighted by molar-refractivity contribution is 0.628. The van der Waals surface area contributed by atoms with E-state index in [1.165, 1.54) is 6.07 Å². The first-order valence-electron chi connectivity index (χ1n) is 5.63. The molecule has 3 N–H and O–H groups in total. The van der Waals surface area contributed by atoms with Crippen LogP contribution in [0, 0.1) is 5.82 Å². The fraction of sp³-hybridized carbons (Fsp3) is 0.143. The first kappa shape index (κ1) is 12.7. The molecule has 0 aliphatic heterocycles. The maximum atomic E-state index is 13.6. The van der Waals surface area contributed by atoms with Crippen LogP contribution in [0.25, 0.3) is 0 Å². The highest BCUT2D eigenvalue weighted by atomic mass is 35.5. The summed E-state index contributed by atoms with van der Waals surface area (Å²) >= 11 is 5.82. The van der Waals surface area contributed by atoms with Crippen LogP contribution in [0.15, 0.2) is 42.5 Å². The quantitative estimate of drug-likeness (QED) is 0.814. The van der Waals surface area contributed by atoms with Crippen LogP contribution in [-0.4, -0.2) is 0 Å². The predicted octanol–water partition coefficient (Wildman–Crippen LogP) is 4.23. The summed E-state index contributed by atoms with van der Waals surface area (Å²) in [6.07, 6.45) is 0. The van der Waals surface area contributed by atoms with E-state index in [9.17, 15) is 4.39 Å². The standard InChI is InChI=1S/C14H14ClFN2/c1-9(10-2-4-11(15)5-3-10)18-14-7-6-12(17)8-13(14)16/h2-9,18H,17H2,1H3. The Hall–Kier alpha value is -1.74. The lowest BCUT2D eigenvalue weighted by Crippen LogP contribution is -2.08. The molecule has 0 aliphatic rings. The topological polar surface area (TPSA) is 38.0 Å². The van der Waals surface area contributed by atoms with E-state index in [1.54, 1.807) is 12.1 Å². The number of hydrogen-bond acceptors (Lipinski definition) is 2. The van der Waals surface area contributed by atoms with Crippen molar-refractivity contribution in [1.82, 2.24) is 0 Å². The number of anilines is 2. The summed E-state index contributed by atoms with van der Waals surface area (Å²) in [6, 6.07) is 12.0. The Bertz CT molecular complexity index is 540.